The fraction of sp³-hybridized carbons (Fsp3) is 0.450. The monoisotopic (exact) mass is 739 g/mol. The van der Waals surface area contributed by atoms with E-state index in [2.05, 4.69) is 40.4 Å². The molecule has 0 radical (unpaired) electrons. The summed E-state index contributed by atoms with van der Waals surface area (Å²) in [5.41, 5.74) is 1.75. The number of phenolic OH excluding ortho intramolecular Hbond substituents is 1. The SMILES string of the molecule is C=CCN1CC(=O)N2C(Cc3ccc(O)cc3F)C(=O)N(Cc3cccc(N4CC(N5CCN(C(C)C)CC5)C4)n3)CC2N1C(=O)NCc1ccccc1. The van der Waals surface area contributed by atoms with Gasteiger partial charge in [-0.25, -0.2) is 24.2 Å². The van der Waals surface area contributed by atoms with E-state index < -0.39 is 24.1 Å². The van der Waals surface area contributed by atoms with Crippen molar-refractivity contribution in [1.82, 2.24) is 39.9 Å². The van der Waals surface area contributed by atoms with Crippen LogP contribution in [0.2, 0.25) is 0 Å². The second-order valence-electron chi connectivity index (χ2n) is 14.8. The molecule has 2 aromatic carbocycles. The quantitative estimate of drug-likeness (QED) is 0.287. The number of carbonyl (C=O) groups excluding carboxylic acids is 3. The minimum absolute atomic E-state index is 0.0194. The van der Waals surface area contributed by atoms with Crippen molar-refractivity contribution in [3.8, 4) is 5.75 Å². The summed E-state index contributed by atoms with van der Waals surface area (Å²) < 4.78 is 15.2. The van der Waals surface area contributed by atoms with Gasteiger partial charge in [0.05, 0.1) is 25.3 Å². The summed E-state index contributed by atoms with van der Waals surface area (Å²) in [4.78, 5) is 57.8. The van der Waals surface area contributed by atoms with Gasteiger partial charge >= 0.3 is 6.03 Å². The number of nitrogens with one attached hydrogen (secondary N) is 1. The molecular weight excluding hydrogens is 689 g/mol. The van der Waals surface area contributed by atoms with E-state index in [1.54, 1.807) is 16.0 Å². The van der Waals surface area contributed by atoms with E-state index in [4.69, 9.17) is 4.98 Å². The maximum atomic E-state index is 15.2. The molecule has 7 rings (SSSR count). The van der Waals surface area contributed by atoms with E-state index in [1.807, 2.05) is 48.5 Å². The number of aromatic hydroxyl groups is 1. The topological polar surface area (TPSA) is 119 Å². The zero-order valence-electron chi connectivity index (χ0n) is 31.1. The zero-order valence-corrected chi connectivity index (χ0v) is 31.1. The van der Waals surface area contributed by atoms with Crippen molar-refractivity contribution < 1.29 is 23.9 Å². The first kappa shape index (κ1) is 37.3. The second-order valence-corrected chi connectivity index (χ2v) is 14.8. The predicted molar refractivity (Wildman–Crippen MR) is 202 cm³/mol. The molecule has 54 heavy (non-hydrogen) atoms. The molecule has 5 heterocycles. The molecule has 4 aliphatic heterocycles. The highest BCUT2D eigenvalue weighted by Crippen LogP contribution is 2.31. The van der Waals surface area contributed by atoms with Crippen LogP contribution in [0.15, 0.2) is 79.4 Å². The molecule has 0 spiro atoms. The number of hydrogen-bond donors (Lipinski definition) is 2. The Morgan fingerprint density at radius 3 is 2.48 bits per heavy atom. The molecular formula is C40H50FN9O4. The second kappa shape index (κ2) is 16.1. The summed E-state index contributed by atoms with van der Waals surface area (Å²) in [5, 5.41) is 16.0. The van der Waals surface area contributed by atoms with Gasteiger partial charge in [0.15, 0.2) is 0 Å². The van der Waals surface area contributed by atoms with Crippen LogP contribution in [0.1, 0.15) is 30.7 Å². The standard InChI is InChI=1S/C40H50FN9O4/c1-4-15-48-27-38(52)49-35(20-30-13-14-33(51)21-34(30)41)39(53)47(26-37(49)50(48)40(54)42-22-29-9-6-5-7-10-29)23-31-11-8-12-36(43-31)46-24-32(25-46)45-18-16-44(17-19-45)28(2)3/h4-14,21,28,32,35,37,51H,1,15-20,22-27H2,2-3H3,(H,42,54). The van der Waals surface area contributed by atoms with Crippen molar-refractivity contribution in [3.63, 3.8) is 0 Å². The smallest absolute Gasteiger partial charge is 0.334 e. The van der Waals surface area contributed by atoms with Gasteiger partial charge < -0.3 is 25.1 Å². The molecule has 0 bridgehead atoms. The van der Waals surface area contributed by atoms with Crippen molar-refractivity contribution in [2.75, 3.05) is 63.8 Å². The van der Waals surface area contributed by atoms with Crippen LogP contribution in [-0.4, -0.2) is 141 Å². The number of piperazine rings is 2. The number of anilines is 1. The number of carbonyl (C=O) groups is 3. The molecule has 4 fully saturated rings. The number of nitrogens with zero attached hydrogens (tertiary/aromatic N) is 8. The van der Waals surface area contributed by atoms with E-state index in [0.29, 0.717) is 17.8 Å². The Hall–Kier alpha value is -5.05. The van der Waals surface area contributed by atoms with Crippen LogP contribution < -0.4 is 10.2 Å². The number of halogens is 1. The summed E-state index contributed by atoms with van der Waals surface area (Å²) in [6, 6.07) is 18.6. The highest BCUT2D eigenvalue weighted by Gasteiger charge is 2.51. The van der Waals surface area contributed by atoms with Crippen LogP contribution in [0.25, 0.3) is 0 Å². The fourth-order valence-corrected chi connectivity index (χ4v) is 8.03. The Labute approximate surface area is 316 Å². The van der Waals surface area contributed by atoms with E-state index in [0.717, 1.165) is 56.7 Å². The third kappa shape index (κ3) is 7.91. The number of urea groups is 1. The molecule has 14 heteroatoms. The minimum Gasteiger partial charge on any atom is -0.508 e. The van der Waals surface area contributed by atoms with Crippen molar-refractivity contribution >= 4 is 23.7 Å². The summed E-state index contributed by atoms with van der Waals surface area (Å²) in [6.45, 7) is 14.8. The number of hydrazine groups is 1. The molecule has 4 aliphatic rings. The molecule has 286 valence electrons. The lowest BCUT2D eigenvalue weighted by Crippen LogP contribution is -2.76. The molecule has 2 unspecified atom stereocenters. The van der Waals surface area contributed by atoms with Gasteiger partial charge in [-0.3, -0.25) is 19.4 Å². The maximum absolute atomic E-state index is 15.2. The number of benzene rings is 2. The molecule has 13 nitrogen and oxygen atoms in total. The molecule has 1 aromatic heterocycles. The first-order valence-corrected chi connectivity index (χ1v) is 18.8. The Morgan fingerprint density at radius 1 is 1.02 bits per heavy atom. The largest absolute Gasteiger partial charge is 0.508 e. The molecule has 4 saturated heterocycles. The van der Waals surface area contributed by atoms with E-state index >= 15 is 4.39 Å². The average Bonchev–Trinajstić information content (AvgIpc) is 3.13. The Balaban J connectivity index is 1.13. The third-order valence-electron chi connectivity index (χ3n) is 11.0. The van der Waals surface area contributed by atoms with Gasteiger partial charge in [0.2, 0.25) is 11.8 Å². The van der Waals surface area contributed by atoms with Crippen LogP contribution >= 0.6 is 0 Å². The van der Waals surface area contributed by atoms with E-state index in [9.17, 15) is 19.5 Å². The van der Waals surface area contributed by atoms with E-state index in [-0.39, 0.29) is 62.3 Å². The Morgan fingerprint density at radius 2 is 1.78 bits per heavy atom. The number of aromatic nitrogens is 1. The number of pyridine rings is 1. The van der Waals surface area contributed by atoms with Gasteiger partial charge in [-0.15, -0.1) is 6.58 Å². The number of rotatable bonds is 11. The van der Waals surface area contributed by atoms with Gasteiger partial charge in [-0.1, -0.05) is 48.5 Å². The molecule has 3 aromatic rings. The number of phenols is 1. The maximum Gasteiger partial charge on any atom is 0.334 e. The van der Waals surface area contributed by atoms with Gasteiger partial charge in [0.1, 0.15) is 29.6 Å². The normalized spacial score (nSPS) is 21.7. The molecule has 0 saturated carbocycles. The van der Waals surface area contributed by atoms with Crippen LogP contribution in [-0.2, 0) is 29.1 Å². The first-order valence-electron chi connectivity index (χ1n) is 18.8. The summed E-state index contributed by atoms with van der Waals surface area (Å²) in [6.07, 6.45) is 0.593. The van der Waals surface area contributed by atoms with Crippen LogP contribution in [0.5, 0.6) is 5.75 Å². The lowest BCUT2D eigenvalue weighted by molar-refractivity contribution is -0.189. The number of fused-ring (bicyclic) bond motifs is 1. The van der Waals surface area contributed by atoms with Crippen LogP contribution in [0.4, 0.5) is 15.0 Å². The first-order chi connectivity index (χ1) is 26.1. The predicted octanol–water partition coefficient (Wildman–Crippen LogP) is 2.88. The molecule has 4 amide bonds. The zero-order chi connectivity index (χ0) is 37.9. The van der Waals surface area contributed by atoms with Gasteiger partial charge in [0.25, 0.3) is 0 Å². The summed E-state index contributed by atoms with van der Waals surface area (Å²) in [7, 11) is 0. The van der Waals surface area contributed by atoms with E-state index in [1.165, 1.54) is 22.0 Å². The van der Waals surface area contributed by atoms with Gasteiger partial charge in [-0.05, 0) is 43.2 Å². The average molecular weight is 740 g/mol. The van der Waals surface area contributed by atoms with Gasteiger partial charge in [-0.2, -0.15) is 0 Å². The highest BCUT2D eigenvalue weighted by atomic mass is 19.1. The molecule has 2 N–H and O–H groups in total. The lowest BCUT2D eigenvalue weighted by Gasteiger charge is -2.55. The number of hydrogen-bond acceptors (Lipinski definition) is 9. The highest BCUT2D eigenvalue weighted by molar-refractivity contribution is 5.91. The number of amides is 4. The van der Waals surface area contributed by atoms with Crippen molar-refractivity contribution in [2.24, 2.45) is 0 Å². The van der Waals surface area contributed by atoms with Crippen molar-refractivity contribution in [2.45, 2.75) is 57.6 Å². The lowest BCUT2D eigenvalue weighted by atomic mass is 9.98. The Bertz CT molecular complexity index is 1830. The molecule has 0 aliphatic carbocycles. The van der Waals surface area contributed by atoms with Crippen molar-refractivity contribution in [3.05, 3.63) is 102 Å². The summed E-state index contributed by atoms with van der Waals surface area (Å²) in [5.74, 6) is -0.815. The van der Waals surface area contributed by atoms with Crippen LogP contribution in [0.3, 0.4) is 0 Å². The van der Waals surface area contributed by atoms with Crippen LogP contribution in [0, 0.1) is 5.82 Å². The Kier molecular flexibility index (Phi) is 11.1. The molecule has 2 atom stereocenters. The fourth-order valence-electron chi connectivity index (χ4n) is 8.03. The van der Waals surface area contributed by atoms with Crippen molar-refractivity contribution in [1.29, 1.82) is 0 Å². The minimum atomic E-state index is -1.11. The third-order valence-corrected chi connectivity index (χ3v) is 11.0. The van der Waals surface area contributed by atoms with Gasteiger partial charge in [0, 0.05) is 76.9 Å². The summed E-state index contributed by atoms with van der Waals surface area (Å²) >= 11 is 0.